The van der Waals surface area contributed by atoms with Crippen LogP contribution >= 0.6 is 0 Å². The zero-order chi connectivity index (χ0) is 12.5. The van der Waals surface area contributed by atoms with E-state index in [0.29, 0.717) is 22.6 Å². The maximum Gasteiger partial charge on any atom is 0.227 e. The monoisotopic (exact) mass is 237 g/mol. The summed E-state index contributed by atoms with van der Waals surface area (Å²) < 4.78 is 5.67. The number of hydrogen-bond acceptors (Lipinski definition) is 3. The summed E-state index contributed by atoms with van der Waals surface area (Å²) in [6.07, 6.45) is 0. The van der Waals surface area contributed by atoms with Gasteiger partial charge in [-0.1, -0.05) is 18.2 Å². The summed E-state index contributed by atoms with van der Waals surface area (Å²) in [5.41, 5.74) is 2.98. The van der Waals surface area contributed by atoms with Crippen molar-refractivity contribution in [2.45, 2.75) is 6.92 Å². The Kier molecular flexibility index (Phi) is 2.45. The minimum atomic E-state index is 0.0289. The lowest BCUT2D eigenvalue weighted by molar-refractivity contribution is 0.101. The standard InChI is InChI=1S/C15H11NO2/c1-10(17)12-7-8-14-13(9-12)16-15(18-14)11-5-3-2-4-6-11/h2-9H,1H3. The Balaban J connectivity index is 2.14. The molecule has 0 spiro atoms. The Morgan fingerprint density at radius 1 is 1.11 bits per heavy atom. The first kappa shape index (κ1) is 10.7. The largest absolute Gasteiger partial charge is 0.436 e. The Morgan fingerprint density at radius 2 is 1.89 bits per heavy atom. The molecule has 0 saturated heterocycles. The molecule has 3 aromatic rings. The van der Waals surface area contributed by atoms with E-state index in [0.717, 1.165) is 5.56 Å². The van der Waals surface area contributed by atoms with Crippen LogP contribution in [0.5, 0.6) is 0 Å². The number of nitrogens with zero attached hydrogens (tertiary/aromatic N) is 1. The summed E-state index contributed by atoms with van der Waals surface area (Å²) in [6, 6.07) is 15.0. The maximum absolute atomic E-state index is 11.3. The van der Waals surface area contributed by atoms with Crippen LogP contribution in [0.25, 0.3) is 22.6 Å². The molecule has 1 heterocycles. The van der Waals surface area contributed by atoms with Crippen LogP contribution in [0.4, 0.5) is 0 Å². The number of oxazole rings is 1. The summed E-state index contributed by atoms with van der Waals surface area (Å²) in [7, 11) is 0. The average molecular weight is 237 g/mol. The van der Waals surface area contributed by atoms with E-state index in [4.69, 9.17) is 4.42 Å². The fourth-order valence-corrected chi connectivity index (χ4v) is 1.85. The number of hydrogen-bond donors (Lipinski definition) is 0. The topological polar surface area (TPSA) is 43.1 Å². The Bertz CT molecular complexity index is 714. The number of aromatic nitrogens is 1. The molecule has 0 saturated carbocycles. The molecule has 0 radical (unpaired) electrons. The van der Waals surface area contributed by atoms with E-state index in [1.807, 2.05) is 30.3 Å². The summed E-state index contributed by atoms with van der Waals surface area (Å²) in [4.78, 5) is 15.7. The third-order valence-corrected chi connectivity index (χ3v) is 2.81. The number of benzene rings is 2. The molecule has 0 N–H and O–H groups in total. The van der Waals surface area contributed by atoms with Crippen molar-refractivity contribution in [3.8, 4) is 11.5 Å². The number of rotatable bonds is 2. The highest BCUT2D eigenvalue weighted by molar-refractivity contribution is 5.97. The summed E-state index contributed by atoms with van der Waals surface area (Å²) in [5.74, 6) is 0.604. The molecule has 0 aliphatic rings. The third-order valence-electron chi connectivity index (χ3n) is 2.81. The van der Waals surface area contributed by atoms with E-state index in [1.54, 1.807) is 25.1 Å². The maximum atomic E-state index is 11.3. The van der Waals surface area contributed by atoms with Gasteiger partial charge < -0.3 is 4.42 Å². The van der Waals surface area contributed by atoms with Crippen LogP contribution in [-0.4, -0.2) is 10.8 Å². The predicted molar refractivity (Wildman–Crippen MR) is 69.4 cm³/mol. The van der Waals surface area contributed by atoms with Crippen molar-refractivity contribution in [3.05, 3.63) is 54.1 Å². The van der Waals surface area contributed by atoms with E-state index in [9.17, 15) is 4.79 Å². The van der Waals surface area contributed by atoms with Crippen molar-refractivity contribution in [1.82, 2.24) is 4.98 Å². The van der Waals surface area contributed by atoms with Crippen LogP contribution in [0.3, 0.4) is 0 Å². The third kappa shape index (κ3) is 1.80. The second-order valence-electron chi connectivity index (χ2n) is 4.12. The Labute approximate surface area is 104 Å². The summed E-state index contributed by atoms with van der Waals surface area (Å²) in [5, 5.41) is 0. The lowest BCUT2D eigenvalue weighted by Crippen LogP contribution is -1.90. The normalized spacial score (nSPS) is 10.7. The van der Waals surface area contributed by atoms with Gasteiger partial charge >= 0.3 is 0 Å². The molecule has 88 valence electrons. The molecular formula is C15H11NO2. The van der Waals surface area contributed by atoms with Crippen molar-refractivity contribution in [2.24, 2.45) is 0 Å². The van der Waals surface area contributed by atoms with Crippen molar-refractivity contribution in [1.29, 1.82) is 0 Å². The lowest BCUT2D eigenvalue weighted by atomic mass is 10.1. The summed E-state index contributed by atoms with van der Waals surface area (Å²) >= 11 is 0. The van der Waals surface area contributed by atoms with Crippen LogP contribution in [0, 0.1) is 0 Å². The second-order valence-corrected chi connectivity index (χ2v) is 4.12. The Hall–Kier alpha value is -2.42. The zero-order valence-corrected chi connectivity index (χ0v) is 9.88. The number of Topliss-reactive ketones (excluding diaryl/α,β-unsaturated/α-hetero) is 1. The number of fused-ring (bicyclic) bond motifs is 1. The predicted octanol–water partition coefficient (Wildman–Crippen LogP) is 3.70. The zero-order valence-electron chi connectivity index (χ0n) is 9.88. The minimum absolute atomic E-state index is 0.0289. The molecule has 0 aliphatic carbocycles. The van der Waals surface area contributed by atoms with E-state index < -0.39 is 0 Å². The fraction of sp³-hybridized carbons (Fsp3) is 0.0667. The molecule has 1 aromatic heterocycles. The van der Waals surface area contributed by atoms with Crippen molar-refractivity contribution >= 4 is 16.9 Å². The number of carbonyl (C=O) groups excluding carboxylic acids is 1. The smallest absolute Gasteiger partial charge is 0.227 e. The van der Waals surface area contributed by atoms with Crippen molar-refractivity contribution in [2.75, 3.05) is 0 Å². The van der Waals surface area contributed by atoms with Gasteiger partial charge in [-0.2, -0.15) is 0 Å². The van der Waals surface area contributed by atoms with Gasteiger partial charge in [0.1, 0.15) is 5.52 Å². The van der Waals surface area contributed by atoms with Gasteiger partial charge in [0.05, 0.1) is 0 Å². The average Bonchev–Trinajstić information content (AvgIpc) is 2.82. The fourth-order valence-electron chi connectivity index (χ4n) is 1.85. The van der Waals surface area contributed by atoms with Crippen LogP contribution in [0.15, 0.2) is 52.9 Å². The molecule has 0 aliphatic heterocycles. The number of carbonyl (C=O) groups is 1. The van der Waals surface area contributed by atoms with Gasteiger partial charge in [-0.15, -0.1) is 0 Å². The molecule has 3 nitrogen and oxygen atoms in total. The van der Waals surface area contributed by atoms with Gasteiger partial charge in [-0.05, 0) is 37.3 Å². The van der Waals surface area contributed by atoms with Gasteiger partial charge in [-0.25, -0.2) is 4.98 Å². The quantitative estimate of drug-likeness (QED) is 0.638. The van der Waals surface area contributed by atoms with Gasteiger partial charge in [-0.3, -0.25) is 4.79 Å². The highest BCUT2D eigenvalue weighted by atomic mass is 16.3. The van der Waals surface area contributed by atoms with E-state index in [-0.39, 0.29) is 5.78 Å². The van der Waals surface area contributed by atoms with E-state index in [2.05, 4.69) is 4.98 Å². The lowest BCUT2D eigenvalue weighted by Gasteiger charge is -1.92. The minimum Gasteiger partial charge on any atom is -0.436 e. The van der Waals surface area contributed by atoms with E-state index in [1.165, 1.54) is 0 Å². The molecule has 0 bridgehead atoms. The van der Waals surface area contributed by atoms with Gasteiger partial charge in [0.2, 0.25) is 5.89 Å². The Morgan fingerprint density at radius 3 is 2.61 bits per heavy atom. The van der Waals surface area contributed by atoms with Gasteiger partial charge in [0.25, 0.3) is 0 Å². The van der Waals surface area contributed by atoms with Crippen molar-refractivity contribution in [3.63, 3.8) is 0 Å². The van der Waals surface area contributed by atoms with Crippen LogP contribution in [-0.2, 0) is 0 Å². The first-order chi connectivity index (χ1) is 8.74. The highest BCUT2D eigenvalue weighted by Crippen LogP contribution is 2.24. The van der Waals surface area contributed by atoms with Crippen molar-refractivity contribution < 1.29 is 9.21 Å². The SMILES string of the molecule is CC(=O)c1ccc2oc(-c3ccccc3)nc2c1. The molecule has 2 aromatic carbocycles. The van der Waals surface area contributed by atoms with Gasteiger partial charge in [0, 0.05) is 11.1 Å². The van der Waals surface area contributed by atoms with E-state index >= 15 is 0 Å². The molecule has 18 heavy (non-hydrogen) atoms. The second kappa shape index (κ2) is 4.11. The number of ketones is 1. The molecule has 3 heteroatoms. The molecule has 0 amide bonds. The van der Waals surface area contributed by atoms with Crippen LogP contribution < -0.4 is 0 Å². The molecular weight excluding hydrogens is 226 g/mol. The highest BCUT2D eigenvalue weighted by Gasteiger charge is 2.09. The molecule has 0 atom stereocenters. The van der Waals surface area contributed by atoms with Crippen LogP contribution in [0.2, 0.25) is 0 Å². The van der Waals surface area contributed by atoms with Crippen LogP contribution in [0.1, 0.15) is 17.3 Å². The first-order valence-electron chi connectivity index (χ1n) is 5.71. The molecule has 0 unspecified atom stereocenters. The first-order valence-corrected chi connectivity index (χ1v) is 5.71. The summed E-state index contributed by atoms with van der Waals surface area (Å²) in [6.45, 7) is 1.54. The van der Waals surface area contributed by atoms with Gasteiger partial charge in [0.15, 0.2) is 11.4 Å². The molecule has 0 fully saturated rings. The molecule has 3 rings (SSSR count).